The van der Waals surface area contributed by atoms with Crippen LogP contribution in [0, 0.1) is 0 Å². The number of rotatable bonds is 8. The Morgan fingerprint density at radius 1 is 1.32 bits per heavy atom. The van der Waals surface area contributed by atoms with Crippen molar-refractivity contribution in [3.8, 4) is 5.75 Å². The molecule has 0 amide bonds. The molecule has 9 heteroatoms. The lowest BCUT2D eigenvalue weighted by Gasteiger charge is -2.13. The van der Waals surface area contributed by atoms with E-state index in [9.17, 15) is 8.78 Å². The third-order valence-electron chi connectivity index (χ3n) is 3.16. The highest BCUT2D eigenvalue weighted by Gasteiger charge is 2.08. The minimum atomic E-state index is -2.85. The number of guanidine groups is 1. The van der Waals surface area contributed by atoms with E-state index in [0.29, 0.717) is 24.6 Å². The van der Waals surface area contributed by atoms with E-state index in [4.69, 9.17) is 0 Å². The molecule has 25 heavy (non-hydrogen) atoms. The summed E-state index contributed by atoms with van der Waals surface area (Å²) >= 11 is 0. The van der Waals surface area contributed by atoms with Gasteiger partial charge in [0.2, 0.25) is 0 Å². The number of imidazole rings is 1. The van der Waals surface area contributed by atoms with Crippen LogP contribution in [0.4, 0.5) is 8.78 Å². The lowest BCUT2D eigenvalue weighted by atomic mass is 10.2. The van der Waals surface area contributed by atoms with Gasteiger partial charge in [-0.3, -0.25) is 0 Å². The number of halogens is 3. The Kier molecular flexibility index (Phi) is 9.81. The summed E-state index contributed by atoms with van der Waals surface area (Å²) in [6.07, 6.45) is 5.34. The summed E-state index contributed by atoms with van der Waals surface area (Å²) in [5.41, 5.74) is 0.601. The highest BCUT2D eigenvalue weighted by molar-refractivity contribution is 14.0. The van der Waals surface area contributed by atoms with Gasteiger partial charge in [0.25, 0.3) is 0 Å². The number of hydrogen-bond donors (Lipinski definition) is 2. The van der Waals surface area contributed by atoms with Gasteiger partial charge in [0.05, 0.1) is 12.9 Å². The lowest BCUT2D eigenvalue weighted by Crippen LogP contribution is -2.38. The Bertz CT molecular complexity index is 637. The average Bonchev–Trinajstić information content (AvgIpc) is 3.06. The van der Waals surface area contributed by atoms with E-state index in [1.165, 1.54) is 6.07 Å². The monoisotopic (exact) mass is 465 g/mol. The summed E-state index contributed by atoms with van der Waals surface area (Å²) in [6, 6.07) is 6.65. The van der Waals surface area contributed by atoms with Gasteiger partial charge < -0.3 is 19.9 Å². The quantitative estimate of drug-likeness (QED) is 0.358. The molecule has 0 aliphatic heterocycles. The lowest BCUT2D eigenvalue weighted by molar-refractivity contribution is -0.0504. The van der Waals surface area contributed by atoms with Crippen LogP contribution in [-0.4, -0.2) is 35.2 Å². The molecule has 1 aromatic carbocycles. The SMILES string of the molecule is CCNC(=NCc1ccccc1OC(F)F)NCCn1ccnc1.I. The molecular weight excluding hydrogens is 443 g/mol. The van der Waals surface area contributed by atoms with Gasteiger partial charge in [-0.15, -0.1) is 24.0 Å². The van der Waals surface area contributed by atoms with E-state index >= 15 is 0 Å². The molecule has 6 nitrogen and oxygen atoms in total. The third kappa shape index (κ3) is 7.67. The van der Waals surface area contributed by atoms with Gasteiger partial charge in [-0.25, -0.2) is 9.98 Å². The van der Waals surface area contributed by atoms with Crippen molar-refractivity contribution in [2.75, 3.05) is 13.1 Å². The zero-order valence-corrected chi connectivity index (χ0v) is 16.2. The molecule has 0 aliphatic rings. The van der Waals surface area contributed by atoms with Crippen molar-refractivity contribution in [1.82, 2.24) is 20.2 Å². The van der Waals surface area contributed by atoms with Crippen molar-refractivity contribution in [3.05, 3.63) is 48.5 Å². The minimum Gasteiger partial charge on any atom is -0.434 e. The fourth-order valence-electron chi connectivity index (χ4n) is 2.07. The van der Waals surface area contributed by atoms with Crippen molar-refractivity contribution >= 4 is 29.9 Å². The molecule has 2 aromatic rings. The van der Waals surface area contributed by atoms with Crippen LogP contribution in [0.5, 0.6) is 5.75 Å². The van der Waals surface area contributed by atoms with Gasteiger partial charge in [-0.2, -0.15) is 8.78 Å². The van der Waals surface area contributed by atoms with Crippen molar-refractivity contribution in [1.29, 1.82) is 0 Å². The average molecular weight is 465 g/mol. The van der Waals surface area contributed by atoms with Crippen LogP contribution in [0.25, 0.3) is 0 Å². The summed E-state index contributed by atoms with van der Waals surface area (Å²) in [7, 11) is 0. The van der Waals surface area contributed by atoms with Gasteiger partial charge in [-0.05, 0) is 13.0 Å². The summed E-state index contributed by atoms with van der Waals surface area (Å²) in [4.78, 5) is 8.39. The molecular formula is C16H22F2IN5O. The molecule has 2 rings (SSSR count). The highest BCUT2D eigenvalue weighted by atomic mass is 127. The number of aliphatic imine (C=N–C) groups is 1. The Morgan fingerprint density at radius 2 is 2.12 bits per heavy atom. The zero-order chi connectivity index (χ0) is 17.2. The Hall–Kier alpha value is -1.91. The first kappa shape index (κ1) is 21.1. The second-order valence-corrected chi connectivity index (χ2v) is 4.91. The highest BCUT2D eigenvalue weighted by Crippen LogP contribution is 2.20. The molecule has 1 aromatic heterocycles. The Morgan fingerprint density at radius 3 is 2.80 bits per heavy atom. The molecule has 0 spiro atoms. The van der Waals surface area contributed by atoms with Gasteiger partial charge in [0.1, 0.15) is 5.75 Å². The maximum Gasteiger partial charge on any atom is 0.387 e. The van der Waals surface area contributed by atoms with Crippen molar-refractivity contribution in [2.24, 2.45) is 4.99 Å². The first-order chi connectivity index (χ1) is 11.7. The maximum absolute atomic E-state index is 12.4. The largest absolute Gasteiger partial charge is 0.434 e. The summed E-state index contributed by atoms with van der Waals surface area (Å²) < 4.78 is 31.3. The van der Waals surface area contributed by atoms with Crippen molar-refractivity contribution in [2.45, 2.75) is 26.6 Å². The smallest absolute Gasteiger partial charge is 0.387 e. The standard InChI is InChI=1S/C16H21F2N5O.HI/c1-2-20-16(21-8-10-23-9-7-19-12-23)22-11-13-5-3-4-6-14(13)24-15(17)18;/h3-7,9,12,15H,2,8,10-11H2,1H3,(H2,20,21,22);1H. The molecule has 0 unspecified atom stereocenters. The maximum atomic E-state index is 12.4. The molecule has 0 fully saturated rings. The van der Waals surface area contributed by atoms with Gasteiger partial charge in [-0.1, -0.05) is 18.2 Å². The van der Waals surface area contributed by atoms with E-state index in [0.717, 1.165) is 6.54 Å². The third-order valence-corrected chi connectivity index (χ3v) is 3.16. The van der Waals surface area contributed by atoms with Gasteiger partial charge >= 0.3 is 6.61 Å². The van der Waals surface area contributed by atoms with Crippen molar-refractivity contribution < 1.29 is 13.5 Å². The summed E-state index contributed by atoms with van der Waals surface area (Å²) in [5, 5.41) is 6.31. The molecule has 2 N–H and O–H groups in total. The molecule has 0 saturated heterocycles. The number of aromatic nitrogens is 2. The number of para-hydroxylation sites is 1. The summed E-state index contributed by atoms with van der Waals surface area (Å²) in [5.74, 6) is 0.759. The van der Waals surface area contributed by atoms with Crippen molar-refractivity contribution in [3.63, 3.8) is 0 Å². The fourth-order valence-corrected chi connectivity index (χ4v) is 2.07. The second-order valence-electron chi connectivity index (χ2n) is 4.91. The Balaban J connectivity index is 0.00000312. The number of ether oxygens (including phenoxy) is 1. The second kappa shape index (κ2) is 11.6. The van der Waals surface area contributed by atoms with Crippen LogP contribution >= 0.6 is 24.0 Å². The van der Waals surface area contributed by atoms with Crippen LogP contribution in [0.2, 0.25) is 0 Å². The van der Waals surface area contributed by atoms with E-state index in [-0.39, 0.29) is 36.3 Å². The first-order valence-electron chi connectivity index (χ1n) is 7.69. The topological polar surface area (TPSA) is 63.5 Å². The predicted molar refractivity (Wildman–Crippen MR) is 104 cm³/mol. The van der Waals surface area contributed by atoms with E-state index < -0.39 is 6.61 Å². The van der Waals surface area contributed by atoms with Crippen LogP contribution in [0.15, 0.2) is 48.0 Å². The number of nitrogens with zero attached hydrogens (tertiary/aromatic N) is 3. The Labute approximate surface area is 162 Å². The molecule has 0 bridgehead atoms. The van der Waals surface area contributed by atoms with E-state index in [1.807, 2.05) is 17.7 Å². The van der Waals surface area contributed by atoms with Crippen LogP contribution in [-0.2, 0) is 13.1 Å². The molecule has 0 radical (unpaired) electrons. The zero-order valence-electron chi connectivity index (χ0n) is 13.9. The normalized spacial score (nSPS) is 11.1. The number of alkyl halides is 2. The molecule has 0 aliphatic carbocycles. The first-order valence-corrected chi connectivity index (χ1v) is 7.69. The fraction of sp³-hybridized carbons (Fsp3) is 0.375. The molecule has 0 atom stereocenters. The van der Waals surface area contributed by atoms with Gasteiger partial charge in [0.15, 0.2) is 5.96 Å². The predicted octanol–water partition coefficient (Wildman–Crippen LogP) is 2.86. The number of hydrogen-bond acceptors (Lipinski definition) is 3. The molecule has 1 heterocycles. The minimum absolute atomic E-state index is 0. The van der Waals surface area contributed by atoms with Crippen LogP contribution < -0.4 is 15.4 Å². The summed E-state index contributed by atoms with van der Waals surface area (Å²) in [6.45, 7) is 1.46. The van der Waals surface area contributed by atoms with Crippen LogP contribution in [0.3, 0.4) is 0 Å². The van der Waals surface area contributed by atoms with Gasteiger partial charge in [0, 0.05) is 37.6 Å². The number of nitrogens with one attached hydrogen (secondary N) is 2. The molecule has 138 valence electrons. The van der Waals surface area contributed by atoms with E-state index in [2.05, 4.69) is 25.3 Å². The number of benzene rings is 1. The molecule has 0 saturated carbocycles. The van der Waals surface area contributed by atoms with Crippen LogP contribution in [0.1, 0.15) is 12.5 Å². The van der Waals surface area contributed by atoms with E-state index in [1.54, 1.807) is 30.7 Å².